The molecule has 1 aromatic heterocycles. The monoisotopic (exact) mass is 374 g/mol. The number of halogens is 3. The minimum absolute atomic E-state index is 0.447. The van der Waals surface area contributed by atoms with E-state index >= 15 is 0 Å². The number of benzene rings is 1. The smallest absolute Gasteiger partial charge is 0.224 e. The number of hydrogen-bond acceptors (Lipinski definition) is 4. The van der Waals surface area contributed by atoms with Crippen LogP contribution in [-0.2, 0) is 0 Å². The summed E-state index contributed by atoms with van der Waals surface area (Å²) in [6.07, 6.45) is 2.69. The first kappa shape index (κ1) is 15.4. The van der Waals surface area contributed by atoms with Crippen LogP contribution in [0.1, 0.15) is 13.3 Å². The number of hydrogen-bond donors (Lipinski definition) is 2. The Morgan fingerprint density at radius 2 is 2.00 bits per heavy atom. The highest BCUT2D eigenvalue weighted by molar-refractivity contribution is 9.10. The molecular weight excluding hydrogens is 363 g/mol. The minimum Gasteiger partial charge on any atom is -0.354 e. The third-order valence-electron chi connectivity index (χ3n) is 2.49. The Labute approximate surface area is 136 Å². The van der Waals surface area contributed by atoms with Crippen molar-refractivity contribution in [1.29, 1.82) is 0 Å². The summed E-state index contributed by atoms with van der Waals surface area (Å²) in [5.41, 5.74) is 0.694. The van der Waals surface area contributed by atoms with E-state index in [1.54, 1.807) is 12.3 Å². The lowest BCUT2D eigenvalue weighted by molar-refractivity contribution is 0.953. The van der Waals surface area contributed by atoms with Crippen LogP contribution in [0.3, 0.4) is 0 Å². The van der Waals surface area contributed by atoms with Crippen LogP contribution in [0.2, 0.25) is 10.0 Å². The molecule has 7 heteroatoms. The molecule has 0 bridgehead atoms. The molecule has 0 aliphatic heterocycles. The van der Waals surface area contributed by atoms with Gasteiger partial charge >= 0.3 is 0 Å². The highest BCUT2D eigenvalue weighted by Gasteiger charge is 2.09. The van der Waals surface area contributed by atoms with Gasteiger partial charge in [0.15, 0.2) is 0 Å². The Hall–Kier alpha value is -1.04. The van der Waals surface area contributed by atoms with E-state index in [2.05, 4.69) is 43.5 Å². The predicted molar refractivity (Wildman–Crippen MR) is 88.3 cm³/mol. The lowest BCUT2D eigenvalue weighted by Crippen LogP contribution is -2.05. The topological polar surface area (TPSA) is 49.8 Å². The summed E-state index contributed by atoms with van der Waals surface area (Å²) in [5.74, 6) is 1.23. The van der Waals surface area contributed by atoms with Gasteiger partial charge in [0.25, 0.3) is 0 Å². The van der Waals surface area contributed by atoms with Gasteiger partial charge in [0.1, 0.15) is 5.82 Å². The Morgan fingerprint density at radius 3 is 2.75 bits per heavy atom. The molecule has 0 amide bonds. The highest BCUT2D eigenvalue weighted by atomic mass is 79.9. The van der Waals surface area contributed by atoms with Crippen LogP contribution >= 0.6 is 39.1 Å². The first-order valence-corrected chi connectivity index (χ1v) is 7.64. The molecule has 0 saturated heterocycles. The van der Waals surface area contributed by atoms with Crippen LogP contribution in [0.15, 0.2) is 28.9 Å². The number of nitrogens with zero attached hydrogens (tertiary/aromatic N) is 2. The van der Waals surface area contributed by atoms with E-state index in [4.69, 9.17) is 23.2 Å². The average molecular weight is 376 g/mol. The third-order valence-corrected chi connectivity index (χ3v) is 4.26. The van der Waals surface area contributed by atoms with Crippen molar-refractivity contribution in [1.82, 2.24) is 9.97 Å². The molecule has 20 heavy (non-hydrogen) atoms. The van der Waals surface area contributed by atoms with Crippen molar-refractivity contribution in [3.8, 4) is 0 Å². The first-order chi connectivity index (χ1) is 9.61. The van der Waals surface area contributed by atoms with Gasteiger partial charge in [-0.2, -0.15) is 4.98 Å². The van der Waals surface area contributed by atoms with Gasteiger partial charge in [-0.3, -0.25) is 0 Å². The predicted octanol–water partition coefficient (Wildman–Crippen LogP) is 5.11. The maximum atomic E-state index is 6.19. The second-order valence-corrected chi connectivity index (χ2v) is 5.65. The molecule has 2 N–H and O–H groups in total. The van der Waals surface area contributed by atoms with E-state index in [0.717, 1.165) is 17.4 Å². The molecule has 0 atom stereocenters. The van der Waals surface area contributed by atoms with Crippen molar-refractivity contribution in [2.45, 2.75) is 13.3 Å². The molecule has 0 saturated carbocycles. The summed E-state index contributed by atoms with van der Waals surface area (Å²) in [4.78, 5) is 8.50. The second-order valence-electron chi connectivity index (χ2n) is 4.04. The molecule has 1 heterocycles. The van der Waals surface area contributed by atoms with E-state index < -0.39 is 0 Å². The molecule has 2 rings (SSSR count). The van der Waals surface area contributed by atoms with Crippen LogP contribution in [0.25, 0.3) is 0 Å². The molecule has 106 valence electrons. The summed E-state index contributed by atoms with van der Waals surface area (Å²) in [6, 6.07) is 5.43. The van der Waals surface area contributed by atoms with Gasteiger partial charge in [0.05, 0.1) is 15.7 Å². The zero-order valence-corrected chi connectivity index (χ0v) is 13.8. The van der Waals surface area contributed by atoms with Crippen molar-refractivity contribution < 1.29 is 0 Å². The normalized spacial score (nSPS) is 10.4. The Morgan fingerprint density at radius 1 is 1.20 bits per heavy atom. The summed E-state index contributed by atoms with van der Waals surface area (Å²) < 4.78 is 0.753. The van der Waals surface area contributed by atoms with Gasteiger partial charge in [-0.15, -0.1) is 0 Å². The first-order valence-electron chi connectivity index (χ1n) is 6.09. The van der Waals surface area contributed by atoms with Crippen molar-refractivity contribution in [3.63, 3.8) is 0 Å². The van der Waals surface area contributed by atoms with Gasteiger partial charge in [-0.1, -0.05) is 30.1 Å². The van der Waals surface area contributed by atoms with Crippen molar-refractivity contribution in [2.24, 2.45) is 0 Å². The number of anilines is 3. The number of rotatable bonds is 5. The average Bonchev–Trinajstić information content (AvgIpc) is 2.46. The van der Waals surface area contributed by atoms with Crippen LogP contribution < -0.4 is 10.6 Å². The quantitative estimate of drug-likeness (QED) is 0.712. The van der Waals surface area contributed by atoms with Crippen molar-refractivity contribution in [3.05, 3.63) is 38.9 Å². The largest absolute Gasteiger partial charge is 0.354 e. The van der Waals surface area contributed by atoms with Gasteiger partial charge in [0, 0.05) is 17.2 Å². The Bertz CT molecular complexity index is 607. The molecule has 0 aliphatic rings. The second kappa shape index (κ2) is 7.11. The summed E-state index contributed by atoms with van der Waals surface area (Å²) in [5, 5.41) is 7.17. The van der Waals surface area contributed by atoms with E-state index in [-0.39, 0.29) is 0 Å². The maximum absolute atomic E-state index is 6.19. The van der Waals surface area contributed by atoms with Gasteiger partial charge < -0.3 is 10.6 Å². The van der Waals surface area contributed by atoms with E-state index in [1.807, 2.05) is 12.1 Å². The van der Waals surface area contributed by atoms with Crippen LogP contribution in [0.4, 0.5) is 17.5 Å². The van der Waals surface area contributed by atoms with Crippen molar-refractivity contribution >= 4 is 56.6 Å². The van der Waals surface area contributed by atoms with Crippen LogP contribution in [-0.4, -0.2) is 16.5 Å². The van der Waals surface area contributed by atoms with Crippen LogP contribution in [0.5, 0.6) is 0 Å². The molecule has 2 aromatic rings. The van der Waals surface area contributed by atoms with E-state index in [1.165, 1.54) is 0 Å². The molecule has 0 radical (unpaired) electrons. The standard InChI is InChI=1S/C13H13BrCl2N4/c1-2-6-17-13-18-7-5-10(20-13)19-9-4-3-8(14)11(15)12(9)16/h3-5,7H,2,6H2,1H3,(H2,17,18,19,20). The van der Waals surface area contributed by atoms with Gasteiger partial charge in [-0.25, -0.2) is 4.98 Å². The Kier molecular flexibility index (Phi) is 5.46. The fraction of sp³-hybridized carbons (Fsp3) is 0.231. The van der Waals surface area contributed by atoms with Crippen LogP contribution in [0, 0.1) is 0 Å². The van der Waals surface area contributed by atoms with E-state index in [9.17, 15) is 0 Å². The molecule has 1 aromatic carbocycles. The SMILES string of the molecule is CCCNc1nccc(Nc2ccc(Br)c(Cl)c2Cl)n1. The zero-order valence-electron chi connectivity index (χ0n) is 10.8. The summed E-state index contributed by atoms with van der Waals surface area (Å²) in [6.45, 7) is 2.91. The molecule has 0 spiro atoms. The third kappa shape index (κ3) is 3.75. The highest BCUT2D eigenvalue weighted by Crippen LogP contribution is 2.36. The van der Waals surface area contributed by atoms with Gasteiger partial charge in [0.2, 0.25) is 5.95 Å². The maximum Gasteiger partial charge on any atom is 0.224 e. The molecule has 0 unspecified atom stereocenters. The number of nitrogens with one attached hydrogen (secondary N) is 2. The Balaban J connectivity index is 2.20. The number of aromatic nitrogens is 2. The molecule has 0 aliphatic carbocycles. The zero-order chi connectivity index (χ0) is 14.5. The minimum atomic E-state index is 0.447. The van der Waals surface area contributed by atoms with E-state index in [0.29, 0.717) is 27.5 Å². The fourth-order valence-electron chi connectivity index (χ4n) is 1.51. The fourth-order valence-corrected chi connectivity index (χ4v) is 2.33. The molecule has 4 nitrogen and oxygen atoms in total. The molecular formula is C13H13BrCl2N4. The summed E-state index contributed by atoms with van der Waals surface area (Å²) >= 11 is 15.6. The lowest BCUT2D eigenvalue weighted by atomic mass is 10.3. The van der Waals surface area contributed by atoms with Gasteiger partial charge in [-0.05, 0) is 40.5 Å². The lowest BCUT2D eigenvalue weighted by Gasteiger charge is -2.10. The van der Waals surface area contributed by atoms with Crippen molar-refractivity contribution in [2.75, 3.05) is 17.2 Å². The molecule has 0 fully saturated rings. The summed E-state index contributed by atoms with van der Waals surface area (Å²) in [7, 11) is 0.